The van der Waals surface area contributed by atoms with Gasteiger partial charge in [-0.15, -0.1) is 0 Å². The van der Waals surface area contributed by atoms with Gasteiger partial charge in [0.2, 0.25) is 0 Å². The number of anilines is 1. The molecule has 0 radical (unpaired) electrons. The van der Waals surface area contributed by atoms with Gasteiger partial charge in [-0.1, -0.05) is 50.7 Å². The van der Waals surface area contributed by atoms with E-state index in [-0.39, 0.29) is 0 Å². The fraction of sp³-hybridized carbons (Fsp3) is 0.778. The van der Waals surface area contributed by atoms with Crippen LogP contribution in [0.5, 0.6) is 0 Å². The zero-order valence-electron chi connectivity index (χ0n) is 20.4. The summed E-state index contributed by atoms with van der Waals surface area (Å²) in [5.41, 5.74) is 6.61. The van der Waals surface area contributed by atoms with Gasteiger partial charge in [0.25, 0.3) is 0 Å². The Labute approximate surface area is 181 Å². The quantitative estimate of drug-likeness (QED) is 0.506. The minimum Gasteiger partial charge on any atom is -0.369 e. The Morgan fingerprint density at radius 2 is 1.31 bits per heavy atom. The van der Waals surface area contributed by atoms with Crippen LogP contribution in [0.25, 0.3) is 0 Å². The van der Waals surface area contributed by atoms with Crippen LogP contribution < -0.4 is 4.90 Å². The maximum absolute atomic E-state index is 2.68. The third kappa shape index (κ3) is 4.68. The van der Waals surface area contributed by atoms with Crippen molar-refractivity contribution in [3.8, 4) is 0 Å². The minimum absolute atomic E-state index is 0.317. The topological polar surface area (TPSA) is 6.48 Å². The lowest BCUT2D eigenvalue weighted by atomic mass is 9.75. The highest BCUT2D eigenvalue weighted by molar-refractivity contribution is 5.61. The van der Waals surface area contributed by atoms with Crippen molar-refractivity contribution >= 4 is 5.69 Å². The van der Waals surface area contributed by atoms with Crippen LogP contribution in [0.3, 0.4) is 0 Å². The molecular formula is C27H46N2. The standard InChI is InChI=1S/C27H46N2/c1-21(2)28(6)27(16-12-9-13-17-27)20-24-18-22(3)25(23(4)19-24)29(7)26(5)14-10-8-11-15-26/h18-19,21H,8-17,20H2,1-7H3. The summed E-state index contributed by atoms with van der Waals surface area (Å²) in [5, 5.41) is 0. The molecule has 0 spiro atoms. The second-order valence-corrected chi connectivity index (χ2v) is 10.9. The smallest absolute Gasteiger partial charge is 0.0427 e. The molecule has 0 aromatic heterocycles. The molecule has 1 aromatic rings. The summed E-state index contributed by atoms with van der Waals surface area (Å²) in [6.45, 7) is 11.9. The summed E-state index contributed by atoms with van der Waals surface area (Å²) >= 11 is 0. The first-order chi connectivity index (χ1) is 13.7. The Morgan fingerprint density at radius 3 is 1.79 bits per heavy atom. The Morgan fingerprint density at radius 1 is 0.828 bits per heavy atom. The number of nitrogens with zero attached hydrogens (tertiary/aromatic N) is 2. The number of hydrogen-bond acceptors (Lipinski definition) is 2. The number of rotatable bonds is 6. The fourth-order valence-electron chi connectivity index (χ4n) is 6.39. The summed E-state index contributed by atoms with van der Waals surface area (Å²) in [4.78, 5) is 5.30. The molecule has 2 aliphatic rings. The highest BCUT2D eigenvalue weighted by Gasteiger charge is 2.38. The Kier molecular flexibility index (Phi) is 7.03. The molecule has 2 aliphatic carbocycles. The van der Waals surface area contributed by atoms with E-state index in [0.29, 0.717) is 17.1 Å². The van der Waals surface area contributed by atoms with Gasteiger partial charge in [0.05, 0.1) is 0 Å². The van der Waals surface area contributed by atoms with Crippen molar-refractivity contribution in [1.82, 2.24) is 4.90 Å². The average Bonchev–Trinajstić information content (AvgIpc) is 2.68. The van der Waals surface area contributed by atoms with Crippen LogP contribution in [0.1, 0.15) is 102 Å². The second kappa shape index (κ2) is 9.00. The molecule has 29 heavy (non-hydrogen) atoms. The van der Waals surface area contributed by atoms with E-state index >= 15 is 0 Å². The molecule has 0 atom stereocenters. The van der Waals surface area contributed by atoms with E-state index in [0.717, 1.165) is 0 Å². The maximum atomic E-state index is 2.68. The predicted octanol–water partition coefficient (Wildman–Crippen LogP) is 7.05. The first-order valence-corrected chi connectivity index (χ1v) is 12.3. The second-order valence-electron chi connectivity index (χ2n) is 10.9. The molecule has 2 saturated carbocycles. The molecule has 0 aliphatic heterocycles. The summed E-state index contributed by atoms with van der Waals surface area (Å²) in [5.74, 6) is 0. The number of hydrogen-bond donors (Lipinski definition) is 0. The van der Waals surface area contributed by atoms with Crippen molar-refractivity contribution < 1.29 is 0 Å². The molecule has 0 heterocycles. The Bertz CT molecular complexity index is 655. The van der Waals surface area contributed by atoms with Crippen LogP contribution in [0.4, 0.5) is 5.69 Å². The molecule has 1 aromatic carbocycles. The first kappa shape index (κ1) is 22.7. The summed E-state index contributed by atoms with van der Waals surface area (Å²) in [7, 11) is 4.71. The summed E-state index contributed by atoms with van der Waals surface area (Å²) in [6, 6.07) is 5.62. The molecule has 164 valence electrons. The number of aryl methyl sites for hydroxylation is 2. The highest BCUT2D eigenvalue weighted by atomic mass is 15.2. The van der Waals surface area contributed by atoms with E-state index in [2.05, 4.69) is 70.6 Å². The summed E-state index contributed by atoms with van der Waals surface area (Å²) < 4.78 is 0. The van der Waals surface area contributed by atoms with E-state index in [9.17, 15) is 0 Å². The molecular weight excluding hydrogens is 352 g/mol. The largest absolute Gasteiger partial charge is 0.369 e. The van der Waals surface area contributed by atoms with Crippen LogP contribution in [-0.2, 0) is 6.42 Å². The lowest BCUT2D eigenvalue weighted by Gasteiger charge is -2.47. The van der Waals surface area contributed by atoms with Gasteiger partial charge in [0, 0.05) is 29.9 Å². The molecule has 2 fully saturated rings. The molecule has 0 amide bonds. The molecule has 0 unspecified atom stereocenters. The number of benzene rings is 1. The van der Waals surface area contributed by atoms with Crippen LogP contribution in [0.2, 0.25) is 0 Å². The molecule has 2 heteroatoms. The zero-order valence-corrected chi connectivity index (χ0v) is 20.4. The monoisotopic (exact) mass is 398 g/mol. The SMILES string of the molecule is Cc1cc(CC2(N(C)C(C)C)CCCCC2)cc(C)c1N(C)C1(C)CCCCC1. The van der Waals surface area contributed by atoms with E-state index in [1.807, 2.05) is 0 Å². The van der Waals surface area contributed by atoms with Crippen LogP contribution in [0.15, 0.2) is 12.1 Å². The molecule has 2 nitrogen and oxygen atoms in total. The van der Waals surface area contributed by atoms with Crippen molar-refractivity contribution in [2.75, 3.05) is 19.0 Å². The van der Waals surface area contributed by atoms with E-state index < -0.39 is 0 Å². The first-order valence-electron chi connectivity index (χ1n) is 12.3. The molecule has 0 N–H and O–H groups in total. The van der Waals surface area contributed by atoms with Gasteiger partial charge in [0.15, 0.2) is 0 Å². The van der Waals surface area contributed by atoms with Gasteiger partial charge in [-0.2, -0.15) is 0 Å². The number of likely N-dealkylation sites (N-methyl/N-ethyl adjacent to an activating group) is 1. The van der Waals surface area contributed by atoms with Crippen LogP contribution >= 0.6 is 0 Å². The van der Waals surface area contributed by atoms with E-state index in [4.69, 9.17) is 0 Å². The van der Waals surface area contributed by atoms with Gasteiger partial charge >= 0.3 is 0 Å². The van der Waals surface area contributed by atoms with Gasteiger partial charge in [-0.3, -0.25) is 4.90 Å². The van der Waals surface area contributed by atoms with E-state index in [1.54, 1.807) is 5.56 Å². The lowest BCUT2D eigenvalue weighted by molar-refractivity contribution is 0.0486. The van der Waals surface area contributed by atoms with Crippen LogP contribution in [0, 0.1) is 13.8 Å². The normalized spacial score (nSPS) is 21.6. The Balaban J connectivity index is 1.88. The Hall–Kier alpha value is -1.02. The van der Waals surface area contributed by atoms with Crippen molar-refractivity contribution in [2.45, 2.75) is 122 Å². The molecule has 0 bridgehead atoms. The van der Waals surface area contributed by atoms with Crippen LogP contribution in [-0.4, -0.2) is 36.1 Å². The lowest BCUT2D eigenvalue weighted by Crippen LogP contribution is -2.52. The van der Waals surface area contributed by atoms with Crippen molar-refractivity contribution in [1.29, 1.82) is 0 Å². The summed E-state index contributed by atoms with van der Waals surface area (Å²) in [6.07, 6.45) is 14.9. The third-order valence-corrected chi connectivity index (χ3v) is 8.47. The predicted molar refractivity (Wildman–Crippen MR) is 128 cm³/mol. The highest BCUT2D eigenvalue weighted by Crippen LogP contribution is 2.41. The zero-order chi connectivity index (χ0) is 21.2. The minimum atomic E-state index is 0.317. The van der Waals surface area contributed by atoms with Gasteiger partial charge in [0.1, 0.15) is 0 Å². The fourth-order valence-corrected chi connectivity index (χ4v) is 6.39. The van der Waals surface area contributed by atoms with Crippen molar-refractivity contribution in [2.24, 2.45) is 0 Å². The van der Waals surface area contributed by atoms with Crippen molar-refractivity contribution in [3.63, 3.8) is 0 Å². The maximum Gasteiger partial charge on any atom is 0.0427 e. The third-order valence-electron chi connectivity index (χ3n) is 8.47. The molecule has 0 saturated heterocycles. The van der Waals surface area contributed by atoms with Gasteiger partial charge in [-0.25, -0.2) is 0 Å². The average molecular weight is 399 g/mol. The molecule has 3 rings (SSSR count). The van der Waals surface area contributed by atoms with Gasteiger partial charge in [-0.05, 0) is 90.5 Å². The van der Waals surface area contributed by atoms with Gasteiger partial charge < -0.3 is 4.90 Å². The van der Waals surface area contributed by atoms with E-state index in [1.165, 1.54) is 87.4 Å². The van der Waals surface area contributed by atoms with Crippen molar-refractivity contribution in [3.05, 3.63) is 28.8 Å².